The normalized spacial score (nSPS) is 13.0. The summed E-state index contributed by atoms with van der Waals surface area (Å²) in [5.41, 5.74) is 0.937. The number of nitrogens with zero attached hydrogens (tertiary/aromatic N) is 3. The second-order valence-corrected chi connectivity index (χ2v) is 8.43. The highest BCUT2D eigenvalue weighted by atomic mass is 35.5. The van der Waals surface area contributed by atoms with Crippen LogP contribution in [0.25, 0.3) is 5.57 Å². The molecule has 3 aromatic rings. The minimum absolute atomic E-state index is 0.199. The molecule has 0 N–H and O–H groups in total. The summed E-state index contributed by atoms with van der Waals surface area (Å²) in [7, 11) is 0. The molecule has 36 heavy (non-hydrogen) atoms. The van der Waals surface area contributed by atoms with Gasteiger partial charge in [-0.1, -0.05) is 36.5 Å². The predicted octanol–water partition coefficient (Wildman–Crippen LogP) is 8.22. The van der Waals surface area contributed by atoms with Gasteiger partial charge in [0.05, 0.1) is 10.6 Å². The van der Waals surface area contributed by atoms with Crippen molar-refractivity contribution in [3.63, 3.8) is 0 Å². The van der Waals surface area contributed by atoms with E-state index < -0.39 is 30.1 Å². The van der Waals surface area contributed by atoms with Crippen LogP contribution in [0.5, 0.6) is 5.75 Å². The maximum Gasteiger partial charge on any atom is 0.417 e. The lowest BCUT2D eigenvalue weighted by molar-refractivity contribution is -0.138. The molecule has 0 unspecified atom stereocenters. The van der Waals surface area contributed by atoms with E-state index in [-0.39, 0.29) is 21.6 Å². The number of aliphatic imine (C=N–C) groups is 1. The van der Waals surface area contributed by atoms with Crippen molar-refractivity contribution >= 4 is 34.5 Å². The fourth-order valence-corrected chi connectivity index (χ4v) is 3.79. The zero-order chi connectivity index (χ0) is 26.5. The molecule has 0 atom stereocenters. The summed E-state index contributed by atoms with van der Waals surface area (Å²) in [6.07, 6.45) is -1.50. The molecule has 0 aliphatic rings. The first-order valence-corrected chi connectivity index (χ1v) is 11.5. The molecular formula is C25H20Cl2F5N3O. The second kappa shape index (κ2) is 11.8. The molecule has 0 aliphatic carbocycles. The van der Waals surface area contributed by atoms with E-state index in [2.05, 4.69) is 15.0 Å². The lowest BCUT2D eigenvalue weighted by Gasteiger charge is -2.13. The highest BCUT2D eigenvalue weighted by molar-refractivity contribution is 6.35. The van der Waals surface area contributed by atoms with E-state index in [9.17, 15) is 22.0 Å². The molecule has 0 fully saturated rings. The van der Waals surface area contributed by atoms with Gasteiger partial charge in [-0.3, -0.25) is 4.98 Å². The van der Waals surface area contributed by atoms with Crippen molar-refractivity contribution < 1.29 is 26.7 Å². The Morgan fingerprint density at radius 1 is 1.06 bits per heavy atom. The van der Waals surface area contributed by atoms with Gasteiger partial charge < -0.3 is 4.74 Å². The number of rotatable bonds is 8. The number of allylic oxidation sites excluding steroid dienone is 1. The van der Waals surface area contributed by atoms with E-state index >= 15 is 0 Å². The van der Waals surface area contributed by atoms with Gasteiger partial charge in [0, 0.05) is 23.7 Å². The fourth-order valence-electron chi connectivity index (χ4n) is 3.18. The highest BCUT2D eigenvalue weighted by Gasteiger charge is 2.32. The SMILES string of the molecule is CCC/C(=C(/Cl)N=C(C)c1ccc(F)nc1)c1ccc(OCc2ncc(C(F)(F)F)cc2F)cc1Cl. The third-order valence-electron chi connectivity index (χ3n) is 5.05. The predicted molar refractivity (Wildman–Crippen MR) is 129 cm³/mol. The van der Waals surface area contributed by atoms with Crippen LogP contribution < -0.4 is 4.74 Å². The molecule has 190 valence electrons. The second-order valence-electron chi connectivity index (χ2n) is 7.67. The quantitative estimate of drug-likeness (QED) is 0.124. The minimum atomic E-state index is -4.69. The molecule has 0 amide bonds. The van der Waals surface area contributed by atoms with E-state index in [1.807, 2.05) is 6.92 Å². The summed E-state index contributed by atoms with van der Waals surface area (Å²) in [6.45, 7) is 3.28. The van der Waals surface area contributed by atoms with Gasteiger partial charge in [-0.05, 0) is 60.9 Å². The molecule has 0 saturated carbocycles. The van der Waals surface area contributed by atoms with Gasteiger partial charge in [-0.2, -0.15) is 17.6 Å². The van der Waals surface area contributed by atoms with Crippen LogP contribution in [0.2, 0.25) is 5.02 Å². The zero-order valence-electron chi connectivity index (χ0n) is 19.1. The van der Waals surface area contributed by atoms with E-state index in [1.54, 1.807) is 19.1 Å². The van der Waals surface area contributed by atoms with E-state index in [0.717, 1.165) is 6.42 Å². The van der Waals surface area contributed by atoms with Crippen LogP contribution in [-0.4, -0.2) is 15.7 Å². The maximum absolute atomic E-state index is 14.0. The Balaban J connectivity index is 1.82. The van der Waals surface area contributed by atoms with E-state index in [4.69, 9.17) is 27.9 Å². The first-order chi connectivity index (χ1) is 17.0. The van der Waals surface area contributed by atoms with E-state index in [1.165, 1.54) is 24.4 Å². The average molecular weight is 544 g/mol. The Kier molecular flexibility index (Phi) is 9.03. The van der Waals surface area contributed by atoms with Crippen LogP contribution in [0.15, 0.2) is 58.9 Å². The summed E-state index contributed by atoms with van der Waals surface area (Å²) in [5, 5.41) is 0.483. The third-order valence-corrected chi connectivity index (χ3v) is 5.67. The van der Waals surface area contributed by atoms with E-state index in [0.29, 0.717) is 41.1 Å². The minimum Gasteiger partial charge on any atom is -0.487 e. The van der Waals surface area contributed by atoms with Crippen molar-refractivity contribution in [3.8, 4) is 5.75 Å². The molecule has 0 radical (unpaired) electrons. The lowest BCUT2D eigenvalue weighted by atomic mass is 10.0. The molecule has 0 bridgehead atoms. The van der Waals surface area contributed by atoms with Crippen LogP contribution in [0.1, 0.15) is 49.1 Å². The molecule has 2 heterocycles. The smallest absolute Gasteiger partial charge is 0.417 e. The number of hydrogen-bond donors (Lipinski definition) is 0. The summed E-state index contributed by atoms with van der Waals surface area (Å²) < 4.78 is 70.7. The van der Waals surface area contributed by atoms with Crippen LogP contribution in [0, 0.1) is 11.8 Å². The molecule has 4 nitrogen and oxygen atoms in total. The monoisotopic (exact) mass is 543 g/mol. The van der Waals surface area contributed by atoms with Crippen molar-refractivity contribution in [1.29, 1.82) is 0 Å². The molecule has 3 rings (SSSR count). The Morgan fingerprint density at radius 2 is 1.81 bits per heavy atom. The van der Waals surface area contributed by atoms with Gasteiger partial charge in [-0.25, -0.2) is 14.4 Å². The molecule has 0 aliphatic heterocycles. The van der Waals surface area contributed by atoms with Crippen LogP contribution in [0.4, 0.5) is 22.0 Å². The van der Waals surface area contributed by atoms with Crippen molar-refractivity contribution in [1.82, 2.24) is 9.97 Å². The van der Waals surface area contributed by atoms with Crippen molar-refractivity contribution in [3.05, 3.63) is 93.1 Å². The molecule has 2 aromatic heterocycles. The van der Waals surface area contributed by atoms with Gasteiger partial charge >= 0.3 is 6.18 Å². The maximum atomic E-state index is 14.0. The highest BCUT2D eigenvalue weighted by Crippen LogP contribution is 2.35. The number of benzene rings is 1. The number of halogens is 7. The van der Waals surface area contributed by atoms with Crippen LogP contribution >= 0.6 is 23.2 Å². The summed E-state index contributed by atoms with van der Waals surface area (Å²) >= 11 is 13.0. The largest absolute Gasteiger partial charge is 0.487 e. The van der Waals surface area contributed by atoms with Crippen LogP contribution in [-0.2, 0) is 12.8 Å². The zero-order valence-corrected chi connectivity index (χ0v) is 20.6. The molecule has 0 saturated heterocycles. The summed E-state index contributed by atoms with van der Waals surface area (Å²) in [6, 6.07) is 7.85. The van der Waals surface area contributed by atoms with Crippen molar-refractivity contribution in [2.75, 3.05) is 0 Å². The van der Waals surface area contributed by atoms with Gasteiger partial charge in [0.2, 0.25) is 5.95 Å². The topological polar surface area (TPSA) is 47.4 Å². The average Bonchev–Trinajstić information content (AvgIpc) is 2.82. The Bertz CT molecular complexity index is 1290. The number of alkyl halides is 3. The number of hydrogen-bond acceptors (Lipinski definition) is 4. The lowest BCUT2D eigenvalue weighted by Crippen LogP contribution is -2.09. The fraction of sp³-hybridized carbons (Fsp3) is 0.240. The standard InChI is InChI=1S/C25H20Cl2F5N3O/c1-3-4-19(24(27)35-14(2)15-5-8-23(29)34-11-15)18-7-6-17(10-20(18)26)36-13-22-21(28)9-16(12-33-22)25(30,31)32/h5-12H,3-4,13H2,1-2H3/b24-19+,35-14?. The first kappa shape index (κ1) is 27.5. The molecule has 1 aromatic carbocycles. The third kappa shape index (κ3) is 7.01. The molecular weight excluding hydrogens is 524 g/mol. The van der Waals surface area contributed by atoms with Crippen molar-refractivity contribution in [2.24, 2.45) is 4.99 Å². The van der Waals surface area contributed by atoms with Gasteiger partial charge in [0.15, 0.2) is 0 Å². The molecule has 11 heteroatoms. The number of aromatic nitrogens is 2. The van der Waals surface area contributed by atoms with Crippen molar-refractivity contribution in [2.45, 2.75) is 39.5 Å². The summed E-state index contributed by atoms with van der Waals surface area (Å²) in [5.74, 6) is -1.48. The Labute approximate surface area is 214 Å². The van der Waals surface area contributed by atoms with Gasteiger partial charge in [0.1, 0.15) is 29.0 Å². The van der Waals surface area contributed by atoms with Crippen LogP contribution in [0.3, 0.4) is 0 Å². The number of pyridine rings is 2. The Morgan fingerprint density at radius 3 is 2.39 bits per heavy atom. The summed E-state index contributed by atoms with van der Waals surface area (Å²) in [4.78, 5) is 11.6. The van der Waals surface area contributed by atoms with Gasteiger partial charge in [-0.15, -0.1) is 0 Å². The molecule has 0 spiro atoms. The first-order valence-electron chi connectivity index (χ1n) is 10.7. The van der Waals surface area contributed by atoms with Gasteiger partial charge in [0.25, 0.3) is 0 Å². The Hall–Kier alpha value is -3.04. The number of ether oxygens (including phenoxy) is 1.